The third-order valence-corrected chi connectivity index (χ3v) is 4.86. The fourth-order valence-corrected chi connectivity index (χ4v) is 3.72. The van der Waals surface area contributed by atoms with Crippen LogP contribution in [0.4, 0.5) is 5.69 Å². The number of hydrogen-bond acceptors (Lipinski definition) is 2. The van der Waals surface area contributed by atoms with Crippen LogP contribution in [-0.4, -0.2) is 23.3 Å². The van der Waals surface area contributed by atoms with E-state index in [9.17, 15) is 4.21 Å². The van der Waals surface area contributed by atoms with E-state index in [0.717, 1.165) is 39.0 Å². The van der Waals surface area contributed by atoms with Crippen molar-refractivity contribution in [1.82, 2.24) is 4.98 Å². The molecule has 0 fully saturated rings. The Morgan fingerprint density at radius 1 is 0.889 bits per heavy atom. The van der Waals surface area contributed by atoms with E-state index in [1.165, 1.54) is 0 Å². The third-order valence-electron chi connectivity index (χ3n) is 4.36. The lowest BCUT2D eigenvalue weighted by Gasteiger charge is -2.18. The van der Waals surface area contributed by atoms with Gasteiger partial charge in [0, 0.05) is 22.8 Å². The summed E-state index contributed by atoms with van der Waals surface area (Å²) in [6, 6.07) is 25.6. The largest absolute Gasteiger partial charge is 0.304 e. The number of aromatic nitrogens is 1. The highest BCUT2D eigenvalue weighted by Crippen LogP contribution is 2.40. The summed E-state index contributed by atoms with van der Waals surface area (Å²) in [5.74, 6) is 0. The molecule has 0 aliphatic rings. The van der Waals surface area contributed by atoms with Crippen molar-refractivity contribution < 1.29 is 4.21 Å². The van der Waals surface area contributed by atoms with E-state index in [1.807, 2.05) is 78.9 Å². The molecule has 0 bridgehead atoms. The van der Waals surface area contributed by atoms with Crippen LogP contribution in [0.15, 0.2) is 78.9 Å². The zero-order chi connectivity index (χ0) is 18.8. The molecule has 3 nitrogen and oxygen atoms in total. The molecule has 0 aliphatic heterocycles. The zero-order valence-electron chi connectivity index (χ0n) is 14.8. The second kappa shape index (κ2) is 7.37. The van der Waals surface area contributed by atoms with Gasteiger partial charge in [-0.3, -0.25) is 0 Å². The van der Waals surface area contributed by atoms with Crippen molar-refractivity contribution in [2.24, 2.45) is 0 Å². The minimum absolute atomic E-state index is 0.640. The van der Waals surface area contributed by atoms with Crippen molar-refractivity contribution in [1.29, 1.82) is 0 Å². The number of anilines is 1. The monoisotopic (exact) mass is 368 g/mol. The van der Waals surface area contributed by atoms with Gasteiger partial charge in [-0.25, -0.2) is 9.19 Å². The second-order valence-corrected chi connectivity index (χ2v) is 7.39. The first-order chi connectivity index (χ1) is 13.1. The molecule has 4 rings (SSSR count). The number of hydrogen-bond donors (Lipinski definition) is 1. The molecule has 130 valence electrons. The maximum Gasteiger partial charge on any atom is 0.113 e. The number of rotatable bonds is 4. The van der Waals surface area contributed by atoms with Crippen LogP contribution < -0.4 is 10.2 Å². The predicted octanol–water partition coefficient (Wildman–Crippen LogP) is 4.07. The SMILES string of the molecule is [B]c1ccc2nc(-c3ccccc3)c(-c3ccccc3)c(NS(C)=O)c2c1. The molecule has 5 heteroatoms. The van der Waals surface area contributed by atoms with Crippen molar-refractivity contribution >= 4 is 40.9 Å². The molecule has 27 heavy (non-hydrogen) atoms. The summed E-state index contributed by atoms with van der Waals surface area (Å²) in [6.07, 6.45) is 1.62. The minimum Gasteiger partial charge on any atom is -0.304 e. The number of benzene rings is 3. The van der Waals surface area contributed by atoms with Gasteiger partial charge in [0.1, 0.15) is 18.8 Å². The van der Waals surface area contributed by atoms with Gasteiger partial charge in [0.05, 0.1) is 16.9 Å². The van der Waals surface area contributed by atoms with Gasteiger partial charge >= 0.3 is 0 Å². The lowest BCUT2D eigenvalue weighted by Crippen LogP contribution is -2.08. The van der Waals surface area contributed by atoms with Crippen molar-refractivity contribution in [2.45, 2.75) is 0 Å². The van der Waals surface area contributed by atoms with Gasteiger partial charge in [0.15, 0.2) is 0 Å². The Bertz CT molecular complexity index is 1130. The lowest BCUT2D eigenvalue weighted by molar-refractivity contribution is 0.690. The van der Waals surface area contributed by atoms with Gasteiger partial charge in [0.25, 0.3) is 0 Å². The van der Waals surface area contributed by atoms with E-state index >= 15 is 0 Å². The smallest absolute Gasteiger partial charge is 0.113 e. The van der Waals surface area contributed by atoms with Crippen LogP contribution in [0.25, 0.3) is 33.3 Å². The molecule has 4 aromatic rings. The van der Waals surface area contributed by atoms with E-state index in [1.54, 1.807) is 6.26 Å². The molecule has 0 saturated heterocycles. The van der Waals surface area contributed by atoms with Crippen LogP contribution in [-0.2, 0) is 11.0 Å². The Labute approximate surface area is 162 Å². The molecule has 0 spiro atoms. The van der Waals surface area contributed by atoms with Crippen molar-refractivity contribution in [3.63, 3.8) is 0 Å². The molecule has 1 atom stereocenters. The van der Waals surface area contributed by atoms with Crippen molar-refractivity contribution in [3.05, 3.63) is 78.9 Å². The quantitative estimate of drug-likeness (QED) is 0.552. The molecular formula is C22H17BN2OS. The molecule has 0 saturated carbocycles. The van der Waals surface area contributed by atoms with Gasteiger partial charge in [-0.05, 0) is 11.6 Å². The molecule has 0 amide bonds. The molecule has 3 aromatic carbocycles. The highest BCUT2D eigenvalue weighted by Gasteiger charge is 2.18. The summed E-state index contributed by atoms with van der Waals surface area (Å²) < 4.78 is 15.3. The Kier molecular flexibility index (Phi) is 4.78. The fourth-order valence-electron chi connectivity index (χ4n) is 3.22. The molecule has 1 aromatic heterocycles. The summed E-state index contributed by atoms with van der Waals surface area (Å²) in [5.41, 5.74) is 5.97. The second-order valence-electron chi connectivity index (χ2n) is 6.28. The molecular weight excluding hydrogens is 351 g/mol. The third kappa shape index (κ3) is 3.51. The average Bonchev–Trinajstić information content (AvgIpc) is 2.69. The van der Waals surface area contributed by atoms with Crippen LogP contribution in [0.2, 0.25) is 0 Å². The van der Waals surface area contributed by atoms with E-state index in [2.05, 4.69) is 4.72 Å². The lowest BCUT2D eigenvalue weighted by atomic mass is 9.91. The Hall–Kier alpha value is -2.92. The molecule has 0 aliphatic carbocycles. The molecule has 1 heterocycles. The van der Waals surface area contributed by atoms with Gasteiger partial charge in [-0.15, -0.1) is 0 Å². The van der Waals surface area contributed by atoms with E-state index in [-0.39, 0.29) is 0 Å². The summed E-state index contributed by atoms with van der Waals surface area (Å²) in [4.78, 5) is 4.94. The van der Waals surface area contributed by atoms with Gasteiger partial charge in [-0.2, -0.15) is 0 Å². The minimum atomic E-state index is -1.25. The van der Waals surface area contributed by atoms with Crippen molar-refractivity contribution in [3.8, 4) is 22.4 Å². The van der Waals surface area contributed by atoms with Gasteiger partial charge < -0.3 is 4.72 Å². The average molecular weight is 368 g/mol. The Morgan fingerprint density at radius 2 is 1.52 bits per heavy atom. The number of nitrogens with zero attached hydrogens (tertiary/aromatic N) is 1. The van der Waals surface area contributed by atoms with E-state index < -0.39 is 11.0 Å². The van der Waals surface area contributed by atoms with Crippen molar-refractivity contribution in [2.75, 3.05) is 11.0 Å². The summed E-state index contributed by atoms with van der Waals surface area (Å²) >= 11 is 0. The standard InChI is InChI=1S/C22H17BN2OS/c1-27(26)25-22-18-14-17(23)12-13-19(18)24-21(16-10-6-3-7-11-16)20(22)15-8-4-2-5-9-15/h2-14H,1H3,(H,24,25). The normalized spacial score (nSPS) is 12.0. The van der Waals surface area contributed by atoms with Crippen LogP contribution in [0.3, 0.4) is 0 Å². The van der Waals surface area contributed by atoms with E-state index in [4.69, 9.17) is 12.8 Å². The zero-order valence-corrected chi connectivity index (χ0v) is 15.7. The van der Waals surface area contributed by atoms with Gasteiger partial charge in [-0.1, -0.05) is 78.3 Å². The fraction of sp³-hybridized carbons (Fsp3) is 0.0455. The van der Waals surface area contributed by atoms with Gasteiger partial charge in [0.2, 0.25) is 0 Å². The maximum atomic E-state index is 12.1. The summed E-state index contributed by atoms with van der Waals surface area (Å²) in [5, 5.41) is 0.851. The number of pyridine rings is 1. The first-order valence-electron chi connectivity index (χ1n) is 8.57. The Morgan fingerprint density at radius 3 is 2.15 bits per heavy atom. The highest BCUT2D eigenvalue weighted by atomic mass is 32.2. The first kappa shape index (κ1) is 17.5. The van der Waals surface area contributed by atoms with E-state index in [0.29, 0.717) is 5.46 Å². The molecule has 1 N–H and O–H groups in total. The summed E-state index contributed by atoms with van der Waals surface area (Å²) in [6.45, 7) is 0. The topological polar surface area (TPSA) is 42.0 Å². The summed E-state index contributed by atoms with van der Waals surface area (Å²) in [7, 11) is 4.78. The number of fused-ring (bicyclic) bond motifs is 1. The van der Waals surface area contributed by atoms with Crippen LogP contribution in [0.1, 0.15) is 0 Å². The van der Waals surface area contributed by atoms with Crippen LogP contribution >= 0.6 is 0 Å². The first-order valence-corrected chi connectivity index (χ1v) is 10.1. The molecule has 1 unspecified atom stereocenters. The molecule has 2 radical (unpaired) electrons. The predicted molar refractivity (Wildman–Crippen MR) is 116 cm³/mol. The number of nitrogens with one attached hydrogen (secondary N) is 1. The van der Waals surface area contributed by atoms with Crippen LogP contribution in [0.5, 0.6) is 0 Å². The Balaban J connectivity index is 2.15. The maximum absolute atomic E-state index is 12.1. The highest BCUT2D eigenvalue weighted by molar-refractivity contribution is 7.85. The van der Waals surface area contributed by atoms with Crippen LogP contribution in [0, 0.1) is 0 Å².